The molecule has 0 unspecified atom stereocenters. The molecule has 2 nitrogen and oxygen atoms in total. The summed E-state index contributed by atoms with van der Waals surface area (Å²) >= 11 is 0. The molecule has 1 aromatic rings. The zero-order valence-electron chi connectivity index (χ0n) is 7.16. The number of benzene rings is 1. The Bertz CT molecular complexity index is 271. The van der Waals surface area contributed by atoms with Gasteiger partial charge in [0.1, 0.15) is 0 Å². The maximum Gasteiger partial charge on any atom is 0.367 e. The van der Waals surface area contributed by atoms with Crippen molar-refractivity contribution in [3.05, 3.63) is 40.7 Å². The van der Waals surface area contributed by atoms with E-state index in [1.54, 1.807) is 6.92 Å². The van der Waals surface area contributed by atoms with Gasteiger partial charge in [-0.3, -0.25) is 0 Å². The molecule has 1 rings (SSSR count). The lowest BCUT2D eigenvalue weighted by molar-refractivity contribution is 0.147. The van der Waals surface area contributed by atoms with E-state index in [1.807, 2.05) is 30.3 Å². The van der Waals surface area contributed by atoms with Crippen LogP contribution in [0.15, 0.2) is 30.3 Å². The average molecular weight is 162 g/mol. The van der Waals surface area contributed by atoms with Gasteiger partial charge in [-0.25, -0.2) is 0 Å². The Morgan fingerprint density at radius 2 is 2.08 bits per heavy atom. The van der Waals surface area contributed by atoms with Gasteiger partial charge in [0.2, 0.25) is 0 Å². The fourth-order valence-corrected chi connectivity index (χ4v) is 0.848. The van der Waals surface area contributed by atoms with E-state index in [1.165, 1.54) is 5.56 Å². The summed E-state index contributed by atoms with van der Waals surface area (Å²) in [6, 6.07) is 12.7. The van der Waals surface area contributed by atoms with Gasteiger partial charge in [-0.1, -0.05) is 35.2 Å². The van der Waals surface area contributed by atoms with Crippen LogP contribution in [0.2, 0.25) is 0 Å². The van der Waals surface area contributed by atoms with Crippen molar-refractivity contribution in [3.8, 4) is 6.07 Å². The second-order valence-corrected chi connectivity index (χ2v) is 2.34. The molecule has 0 spiro atoms. The van der Waals surface area contributed by atoms with Gasteiger partial charge in [-0.15, -0.1) is 0 Å². The molecule has 2 heteroatoms. The Kier molecular flexibility index (Phi) is 3.90. The molecule has 0 aromatic heterocycles. The van der Waals surface area contributed by atoms with E-state index < -0.39 is 0 Å². The van der Waals surface area contributed by atoms with Crippen molar-refractivity contribution in [3.63, 3.8) is 0 Å². The Hall–Kier alpha value is -1.33. The van der Waals surface area contributed by atoms with Gasteiger partial charge in [0.25, 0.3) is 6.07 Å². The molecule has 0 N–H and O–H groups in total. The predicted octanol–water partition coefficient (Wildman–Crippen LogP) is 2.51. The maximum absolute atomic E-state index is 5.23. The van der Waals surface area contributed by atoms with Crippen molar-refractivity contribution in [2.75, 3.05) is 6.73 Å². The monoisotopic (exact) mass is 162 g/mol. The molecule has 0 saturated heterocycles. The molecule has 0 aliphatic rings. The van der Waals surface area contributed by atoms with Crippen LogP contribution < -0.4 is 0 Å². The first kappa shape index (κ1) is 8.76. The predicted molar refractivity (Wildman–Crippen MR) is 49.0 cm³/mol. The molecule has 0 radical (unpaired) electrons. The Labute approximate surface area is 72.6 Å². The second-order valence-electron chi connectivity index (χ2n) is 2.34. The van der Waals surface area contributed by atoms with Crippen LogP contribution in [-0.2, 0) is 11.3 Å². The molecule has 0 bridgehead atoms. The third kappa shape index (κ3) is 3.18. The lowest BCUT2D eigenvalue weighted by atomic mass is 10.2. The molecule has 0 fully saturated rings. The summed E-state index contributed by atoms with van der Waals surface area (Å²) in [5, 5.41) is 0. The second kappa shape index (κ2) is 5.34. The van der Waals surface area contributed by atoms with Crippen molar-refractivity contribution in [1.29, 1.82) is 0 Å². The van der Waals surface area contributed by atoms with Gasteiger partial charge in [0.15, 0.2) is 0 Å². The van der Waals surface area contributed by atoms with E-state index in [0.29, 0.717) is 13.3 Å². The van der Waals surface area contributed by atoms with Crippen LogP contribution in [0.1, 0.15) is 12.5 Å². The van der Waals surface area contributed by atoms with Gasteiger partial charge in [-0.2, -0.15) is 0 Å². The minimum Gasteiger partial charge on any atom is -0.305 e. The molecule has 0 aliphatic heterocycles. The lowest BCUT2D eigenvalue weighted by Crippen LogP contribution is -1.90. The SMILES string of the molecule is CC#[N+]COCc1ccccc1. The minimum atomic E-state index is 0.394. The fourth-order valence-electron chi connectivity index (χ4n) is 0.848. The molecule has 0 heterocycles. The molecular weight excluding hydrogens is 150 g/mol. The van der Waals surface area contributed by atoms with Crippen molar-refractivity contribution in [1.82, 2.24) is 0 Å². The number of ether oxygens (including phenoxy) is 1. The average Bonchev–Trinajstić information content (AvgIpc) is 2.14. The largest absolute Gasteiger partial charge is 0.367 e. The molecule has 62 valence electrons. The van der Waals surface area contributed by atoms with E-state index in [2.05, 4.69) is 10.9 Å². The summed E-state index contributed by atoms with van der Waals surface area (Å²) in [5.41, 5.74) is 1.17. The van der Waals surface area contributed by atoms with Crippen LogP contribution in [0.5, 0.6) is 0 Å². The van der Waals surface area contributed by atoms with Gasteiger partial charge in [-0.05, 0) is 5.56 Å². The molecule has 0 atom stereocenters. The molecule has 0 aliphatic carbocycles. The van der Waals surface area contributed by atoms with Crippen LogP contribution in [0, 0.1) is 6.07 Å². The van der Waals surface area contributed by atoms with Crippen molar-refractivity contribution in [2.45, 2.75) is 13.5 Å². The number of rotatable bonds is 3. The normalized spacial score (nSPS) is 8.75. The smallest absolute Gasteiger partial charge is 0.305 e. The van der Waals surface area contributed by atoms with Crippen LogP contribution >= 0.6 is 0 Å². The molecule has 0 saturated carbocycles. The summed E-state index contributed by atoms with van der Waals surface area (Å²) < 4.78 is 5.23. The first-order valence-corrected chi connectivity index (χ1v) is 3.88. The Morgan fingerprint density at radius 3 is 2.75 bits per heavy atom. The van der Waals surface area contributed by atoms with E-state index in [-0.39, 0.29) is 0 Å². The van der Waals surface area contributed by atoms with Gasteiger partial charge in [0, 0.05) is 0 Å². The summed E-state index contributed by atoms with van der Waals surface area (Å²) in [7, 11) is 0. The minimum absolute atomic E-state index is 0.394. The van der Waals surface area contributed by atoms with E-state index in [9.17, 15) is 0 Å². The van der Waals surface area contributed by atoms with Crippen LogP contribution in [0.4, 0.5) is 0 Å². The molecule has 1 aromatic carbocycles. The zero-order valence-corrected chi connectivity index (χ0v) is 7.16. The number of nitrogens with zero attached hydrogens (tertiary/aromatic N) is 1. The topological polar surface area (TPSA) is 13.6 Å². The van der Waals surface area contributed by atoms with Gasteiger partial charge < -0.3 is 4.74 Å². The Balaban J connectivity index is 2.27. The number of hydrogen-bond donors (Lipinski definition) is 0. The standard InChI is InChI=1S/C10H12NO/c1-2-11-9-12-8-10-6-4-3-5-7-10/h3-7H,8-9H2,1H3/q+1. The maximum atomic E-state index is 5.23. The summed E-state index contributed by atoms with van der Waals surface area (Å²) in [6.07, 6.45) is 0. The highest BCUT2D eigenvalue weighted by Gasteiger charge is 1.92. The van der Waals surface area contributed by atoms with Crippen molar-refractivity contribution >= 4 is 0 Å². The van der Waals surface area contributed by atoms with Gasteiger partial charge in [0.05, 0.1) is 13.5 Å². The van der Waals surface area contributed by atoms with Crippen LogP contribution in [-0.4, -0.2) is 6.73 Å². The lowest BCUT2D eigenvalue weighted by Gasteiger charge is -1.95. The molecular formula is C10H12NO+. The summed E-state index contributed by atoms with van der Waals surface area (Å²) in [6.45, 7) is 2.77. The highest BCUT2D eigenvalue weighted by molar-refractivity contribution is 5.13. The number of hydrogen-bond acceptors (Lipinski definition) is 1. The van der Waals surface area contributed by atoms with Gasteiger partial charge >= 0.3 is 6.73 Å². The molecule has 12 heavy (non-hydrogen) atoms. The van der Waals surface area contributed by atoms with E-state index in [0.717, 1.165) is 0 Å². The summed E-state index contributed by atoms with van der Waals surface area (Å²) in [5.74, 6) is 0. The molecule has 0 amide bonds. The van der Waals surface area contributed by atoms with Crippen molar-refractivity contribution in [2.24, 2.45) is 0 Å². The van der Waals surface area contributed by atoms with Crippen LogP contribution in [0.3, 0.4) is 0 Å². The zero-order chi connectivity index (χ0) is 8.65. The van der Waals surface area contributed by atoms with Crippen molar-refractivity contribution < 1.29 is 4.74 Å². The highest BCUT2D eigenvalue weighted by atomic mass is 16.5. The quantitative estimate of drug-likeness (QED) is 0.622. The van der Waals surface area contributed by atoms with Crippen LogP contribution in [0.25, 0.3) is 4.85 Å². The first-order chi connectivity index (χ1) is 5.93. The summed E-state index contributed by atoms with van der Waals surface area (Å²) in [4.78, 5) is 3.81. The highest BCUT2D eigenvalue weighted by Crippen LogP contribution is 1.99. The first-order valence-electron chi connectivity index (χ1n) is 3.88. The van der Waals surface area contributed by atoms with E-state index in [4.69, 9.17) is 4.74 Å². The third-order valence-corrected chi connectivity index (χ3v) is 1.43. The fraction of sp³-hybridized carbons (Fsp3) is 0.300. The Morgan fingerprint density at radius 1 is 1.33 bits per heavy atom. The third-order valence-electron chi connectivity index (χ3n) is 1.43. The van der Waals surface area contributed by atoms with E-state index >= 15 is 0 Å².